The maximum Gasteiger partial charge on any atom is 0.360 e. The molecule has 0 amide bonds. The Balaban J connectivity index is 2.74. The number of carbonyl (C=O) groups is 1. The number of unbranched alkanes of at least 4 members (excludes halogenated alkanes) is 1. The average Bonchev–Trinajstić information content (AvgIpc) is 2.68. The largest absolute Gasteiger partial charge is 0.477 e. The first-order valence-corrected chi connectivity index (χ1v) is 6.24. The molecule has 1 rings (SSSR count). The number of carboxylic acid groups (broad SMARTS) is 1. The van der Waals surface area contributed by atoms with Crippen LogP contribution in [0.25, 0.3) is 0 Å². The highest BCUT2D eigenvalue weighted by Gasteiger charge is 2.40. The summed E-state index contributed by atoms with van der Waals surface area (Å²) in [5, 5.41) is 9.04. The molecule has 1 aliphatic rings. The zero-order chi connectivity index (χ0) is 13.6. The van der Waals surface area contributed by atoms with Crippen molar-refractivity contribution in [2.75, 3.05) is 6.54 Å². The zero-order valence-electron chi connectivity index (χ0n) is 11.0. The third-order valence-corrected chi connectivity index (χ3v) is 3.17. The van der Waals surface area contributed by atoms with Gasteiger partial charge < -0.3 is 5.11 Å². The van der Waals surface area contributed by atoms with Crippen LogP contribution in [0.4, 0.5) is 0 Å². The number of nitrogens with two attached hydrogens (primary N) is 1. The van der Waals surface area contributed by atoms with E-state index >= 15 is 0 Å². The van der Waals surface area contributed by atoms with Gasteiger partial charge in [0.25, 0.3) is 0 Å². The van der Waals surface area contributed by atoms with Gasteiger partial charge in [0.1, 0.15) is 12.4 Å². The van der Waals surface area contributed by atoms with Crippen LogP contribution in [0.15, 0.2) is 29.5 Å². The highest BCUT2D eigenvalue weighted by Crippen LogP contribution is 2.22. The summed E-state index contributed by atoms with van der Waals surface area (Å²) >= 11 is 0. The Morgan fingerprint density at radius 2 is 2.39 bits per heavy atom. The second kappa shape index (κ2) is 6.47. The lowest BCUT2D eigenvalue weighted by Crippen LogP contribution is -2.59. The number of rotatable bonds is 7. The molecule has 0 bridgehead atoms. The van der Waals surface area contributed by atoms with Gasteiger partial charge in [0, 0.05) is 13.3 Å². The van der Waals surface area contributed by atoms with E-state index in [0.717, 1.165) is 25.1 Å². The lowest BCUT2D eigenvalue weighted by Gasteiger charge is -2.34. The molecule has 2 atom stereocenters. The van der Waals surface area contributed by atoms with Gasteiger partial charge in [-0.25, -0.2) is 14.3 Å². The molecule has 0 fully saturated rings. The Kier molecular flexibility index (Phi) is 5.25. The van der Waals surface area contributed by atoms with E-state index in [1.165, 1.54) is 0 Å². The second-order valence-electron chi connectivity index (χ2n) is 4.53. The van der Waals surface area contributed by atoms with Crippen molar-refractivity contribution in [2.45, 2.75) is 39.3 Å². The molecule has 0 aromatic carbocycles. The van der Waals surface area contributed by atoms with Crippen LogP contribution in [0.1, 0.15) is 33.1 Å². The summed E-state index contributed by atoms with van der Waals surface area (Å²) in [7, 11) is 0. The fraction of sp³-hybridized carbons (Fsp3) is 0.538. The first kappa shape index (κ1) is 14.6. The minimum atomic E-state index is -0.861. The predicted octanol–water partition coefficient (Wildman–Crippen LogP) is 1.82. The van der Waals surface area contributed by atoms with Gasteiger partial charge in [0.05, 0.1) is 6.20 Å². The third kappa shape index (κ3) is 3.27. The number of amidine groups is 1. The number of allylic oxidation sites excluding steroid dienone is 2. The van der Waals surface area contributed by atoms with Crippen LogP contribution in [0.2, 0.25) is 0 Å². The molecule has 0 aromatic heterocycles. The lowest BCUT2D eigenvalue weighted by atomic mass is 10.1. The maximum absolute atomic E-state index is 11.0. The van der Waals surface area contributed by atoms with Gasteiger partial charge in [-0.1, -0.05) is 12.2 Å². The van der Waals surface area contributed by atoms with Crippen LogP contribution in [0.5, 0.6) is 0 Å². The van der Waals surface area contributed by atoms with Crippen molar-refractivity contribution >= 4 is 11.8 Å². The standard InChI is InChI=1S/C13H21N3O2/c1-3-4-5-6-7-12-15-8-9-16(12,11(2)14)10-13(17)18/h3-4,8-9,11H,5-7,10,14H2,1-2H3/p+1/b4-3+. The highest BCUT2D eigenvalue weighted by atomic mass is 16.4. The lowest BCUT2D eigenvalue weighted by molar-refractivity contribution is -0.805. The van der Waals surface area contributed by atoms with Gasteiger partial charge in [0.2, 0.25) is 5.84 Å². The van der Waals surface area contributed by atoms with Gasteiger partial charge >= 0.3 is 5.97 Å². The Labute approximate surface area is 108 Å². The van der Waals surface area contributed by atoms with Crippen molar-refractivity contribution in [3.05, 3.63) is 24.6 Å². The van der Waals surface area contributed by atoms with E-state index < -0.39 is 5.97 Å². The smallest absolute Gasteiger partial charge is 0.360 e. The van der Waals surface area contributed by atoms with E-state index in [2.05, 4.69) is 11.1 Å². The summed E-state index contributed by atoms with van der Waals surface area (Å²) in [6, 6.07) is 0. The Bertz CT molecular complexity index is 386. The Morgan fingerprint density at radius 3 is 2.94 bits per heavy atom. The molecule has 0 radical (unpaired) electrons. The number of hydrogen-bond donors (Lipinski definition) is 2. The average molecular weight is 252 g/mol. The first-order valence-electron chi connectivity index (χ1n) is 6.24. The molecular weight excluding hydrogens is 230 g/mol. The van der Waals surface area contributed by atoms with Crippen LogP contribution in [0, 0.1) is 0 Å². The van der Waals surface area contributed by atoms with Gasteiger partial charge in [-0.2, -0.15) is 0 Å². The Morgan fingerprint density at radius 1 is 1.67 bits per heavy atom. The number of aliphatic carboxylic acids is 1. The van der Waals surface area contributed by atoms with Gasteiger partial charge in [-0.05, 0) is 19.8 Å². The molecular formula is C13H22N3O2+. The van der Waals surface area contributed by atoms with E-state index in [-0.39, 0.29) is 17.2 Å². The van der Waals surface area contributed by atoms with Crippen molar-refractivity contribution in [3.8, 4) is 0 Å². The summed E-state index contributed by atoms with van der Waals surface area (Å²) in [6.45, 7) is 3.76. The number of quaternary nitrogens is 1. The van der Waals surface area contributed by atoms with E-state index in [4.69, 9.17) is 10.8 Å². The van der Waals surface area contributed by atoms with Gasteiger partial charge in [-0.3, -0.25) is 5.73 Å². The molecule has 0 aliphatic carbocycles. The van der Waals surface area contributed by atoms with Gasteiger partial charge in [0.15, 0.2) is 6.54 Å². The molecule has 5 nitrogen and oxygen atoms in total. The fourth-order valence-corrected chi connectivity index (χ4v) is 2.13. The number of hydrogen-bond acceptors (Lipinski definition) is 3. The van der Waals surface area contributed by atoms with Crippen LogP contribution >= 0.6 is 0 Å². The summed E-state index contributed by atoms with van der Waals surface area (Å²) in [6.07, 6.45) is 9.95. The van der Waals surface area contributed by atoms with Crippen molar-refractivity contribution in [2.24, 2.45) is 10.7 Å². The fourth-order valence-electron chi connectivity index (χ4n) is 2.13. The van der Waals surface area contributed by atoms with E-state index in [0.29, 0.717) is 0 Å². The minimum Gasteiger partial charge on any atom is -0.477 e. The molecule has 1 aliphatic heterocycles. The maximum atomic E-state index is 11.0. The van der Waals surface area contributed by atoms with Crippen molar-refractivity contribution in [3.63, 3.8) is 0 Å². The van der Waals surface area contributed by atoms with Crippen LogP contribution in [0.3, 0.4) is 0 Å². The van der Waals surface area contributed by atoms with Crippen LogP contribution in [-0.2, 0) is 4.79 Å². The molecule has 3 N–H and O–H groups in total. The molecule has 0 saturated carbocycles. The number of aliphatic imine (C=N–C) groups is 1. The molecule has 100 valence electrons. The minimum absolute atomic E-state index is 0.0450. The van der Waals surface area contributed by atoms with Gasteiger partial charge in [-0.15, -0.1) is 0 Å². The molecule has 5 heteroatoms. The highest BCUT2D eigenvalue weighted by molar-refractivity contribution is 5.81. The summed E-state index contributed by atoms with van der Waals surface area (Å²) in [5.74, 6) is -0.0168. The molecule has 2 unspecified atom stereocenters. The quantitative estimate of drug-likeness (QED) is 0.412. The zero-order valence-corrected chi connectivity index (χ0v) is 11.0. The molecule has 0 spiro atoms. The molecule has 0 saturated heterocycles. The van der Waals surface area contributed by atoms with E-state index in [1.807, 2.05) is 19.9 Å². The van der Waals surface area contributed by atoms with E-state index in [9.17, 15) is 4.79 Å². The Hall–Kier alpha value is -1.46. The normalized spacial score (nSPS) is 24.5. The van der Waals surface area contributed by atoms with Crippen molar-refractivity contribution in [1.29, 1.82) is 0 Å². The summed E-state index contributed by atoms with van der Waals surface area (Å²) in [5.41, 5.74) is 5.96. The van der Waals surface area contributed by atoms with Crippen LogP contribution < -0.4 is 5.73 Å². The topological polar surface area (TPSA) is 75.7 Å². The monoisotopic (exact) mass is 252 g/mol. The molecule has 0 aromatic rings. The first-order chi connectivity index (χ1) is 8.53. The van der Waals surface area contributed by atoms with Crippen molar-refractivity contribution < 1.29 is 14.4 Å². The summed E-state index contributed by atoms with van der Waals surface area (Å²) in [4.78, 5) is 15.3. The van der Waals surface area contributed by atoms with E-state index in [1.54, 1.807) is 12.4 Å². The predicted molar refractivity (Wildman–Crippen MR) is 71.7 cm³/mol. The van der Waals surface area contributed by atoms with Crippen LogP contribution in [-0.4, -0.2) is 34.1 Å². The SMILES string of the molecule is C/C=C/CCCC1=NC=C[N+]1(CC(=O)O)C(C)N. The summed E-state index contributed by atoms with van der Waals surface area (Å²) < 4.78 is 0.144. The third-order valence-electron chi connectivity index (χ3n) is 3.17. The number of nitrogens with zero attached hydrogens (tertiary/aromatic N) is 2. The molecule has 18 heavy (non-hydrogen) atoms. The second-order valence-corrected chi connectivity index (χ2v) is 4.53. The van der Waals surface area contributed by atoms with Crippen molar-refractivity contribution in [1.82, 2.24) is 0 Å². The number of carboxylic acids is 1. The molecule has 1 heterocycles.